The number of halogens is 1. The van der Waals surface area contributed by atoms with E-state index in [1.165, 1.54) is 25.3 Å². The van der Waals surface area contributed by atoms with Gasteiger partial charge in [0, 0.05) is 21.5 Å². The molecule has 0 radical (unpaired) electrons. The van der Waals surface area contributed by atoms with Crippen LogP contribution in [-0.4, -0.2) is 46.1 Å². The molecular formula is C30H25BrN4O8. The highest BCUT2D eigenvalue weighted by molar-refractivity contribution is 9.10. The number of carbonyl (C=O) groups is 1. The highest BCUT2D eigenvalue weighted by Gasteiger charge is 2.27. The summed E-state index contributed by atoms with van der Waals surface area (Å²) in [5.41, 5.74) is 0.325. The number of ether oxygens (including phenoxy) is 3. The van der Waals surface area contributed by atoms with Gasteiger partial charge in [-0.05, 0) is 63.2 Å². The monoisotopic (exact) mass is 648 g/mol. The molecule has 0 saturated carbocycles. The molecule has 0 fully saturated rings. The Morgan fingerprint density at radius 1 is 1.16 bits per heavy atom. The first-order valence-corrected chi connectivity index (χ1v) is 14.0. The second kappa shape index (κ2) is 12.4. The van der Waals surface area contributed by atoms with E-state index in [2.05, 4.69) is 26.0 Å². The van der Waals surface area contributed by atoms with E-state index in [0.29, 0.717) is 22.2 Å². The van der Waals surface area contributed by atoms with Crippen LogP contribution in [0.25, 0.3) is 33.5 Å². The average molecular weight is 649 g/mol. The predicted molar refractivity (Wildman–Crippen MR) is 163 cm³/mol. The van der Waals surface area contributed by atoms with Crippen molar-refractivity contribution >= 4 is 55.7 Å². The van der Waals surface area contributed by atoms with Crippen LogP contribution in [0.3, 0.4) is 0 Å². The summed E-state index contributed by atoms with van der Waals surface area (Å²) in [7, 11) is 0. The van der Waals surface area contributed by atoms with Crippen molar-refractivity contribution in [3.05, 3.63) is 91.2 Å². The maximum Gasteiger partial charge on any atom is 0.347 e. The van der Waals surface area contributed by atoms with Crippen molar-refractivity contribution in [3.63, 3.8) is 0 Å². The summed E-state index contributed by atoms with van der Waals surface area (Å²) < 4.78 is 24.2. The van der Waals surface area contributed by atoms with Gasteiger partial charge in [0.15, 0.2) is 17.6 Å². The van der Waals surface area contributed by atoms with Gasteiger partial charge in [-0.3, -0.25) is 14.9 Å². The third-order valence-electron chi connectivity index (χ3n) is 6.24. The highest BCUT2D eigenvalue weighted by Crippen LogP contribution is 2.39. The zero-order valence-electron chi connectivity index (χ0n) is 23.3. The SMILES string of the molecule is CCOC(=O)[C@H](C)Oc1c(OCC)cc(C=Nn2c(-c3cc4cc(Br)ccc4o3)nc3ccccc3c2=O)cc1[N+](=O)[O-]. The molecule has 0 amide bonds. The summed E-state index contributed by atoms with van der Waals surface area (Å²) in [4.78, 5) is 41.8. The molecule has 220 valence electrons. The van der Waals surface area contributed by atoms with E-state index >= 15 is 0 Å². The number of nitrogens with zero attached hydrogens (tertiary/aromatic N) is 4. The first kappa shape index (κ1) is 29.5. The van der Waals surface area contributed by atoms with Crippen molar-refractivity contribution in [1.29, 1.82) is 0 Å². The third-order valence-corrected chi connectivity index (χ3v) is 6.74. The zero-order valence-corrected chi connectivity index (χ0v) is 24.9. The molecule has 1 atom stereocenters. The molecule has 3 aromatic carbocycles. The fourth-order valence-corrected chi connectivity index (χ4v) is 4.70. The molecular weight excluding hydrogens is 624 g/mol. The van der Waals surface area contributed by atoms with Gasteiger partial charge in [-0.1, -0.05) is 28.1 Å². The maximum absolute atomic E-state index is 13.6. The van der Waals surface area contributed by atoms with Crippen LogP contribution >= 0.6 is 15.9 Å². The lowest BCUT2D eigenvalue weighted by atomic mass is 10.1. The van der Waals surface area contributed by atoms with E-state index in [-0.39, 0.29) is 36.1 Å². The molecule has 0 N–H and O–H groups in total. The summed E-state index contributed by atoms with van der Waals surface area (Å²) in [6.45, 7) is 5.04. The van der Waals surface area contributed by atoms with Crippen LogP contribution in [0.2, 0.25) is 0 Å². The largest absolute Gasteiger partial charge is 0.490 e. The molecule has 0 unspecified atom stereocenters. The van der Waals surface area contributed by atoms with Crippen LogP contribution in [-0.2, 0) is 9.53 Å². The van der Waals surface area contributed by atoms with Crippen LogP contribution in [0.5, 0.6) is 11.5 Å². The van der Waals surface area contributed by atoms with Gasteiger partial charge in [0.25, 0.3) is 5.56 Å². The van der Waals surface area contributed by atoms with E-state index in [1.54, 1.807) is 50.2 Å². The number of carbonyl (C=O) groups excluding carboxylic acids is 1. The molecule has 0 aliphatic carbocycles. The summed E-state index contributed by atoms with van der Waals surface area (Å²) in [5, 5.41) is 17.6. The Bertz CT molecular complexity index is 1950. The number of nitro groups is 1. The molecule has 0 bridgehead atoms. The first-order chi connectivity index (χ1) is 20.7. The maximum atomic E-state index is 13.6. The molecule has 43 heavy (non-hydrogen) atoms. The standard InChI is InChI=1S/C30H25BrN4O8/c1-4-40-25-13-18(12-23(35(38)39)27(25)42-17(3)30(37)41-5-2)16-32-34-28(33-22-9-7-6-8-21(22)29(34)36)26-15-19-14-20(31)10-11-24(19)43-26/h6-17H,4-5H2,1-3H3/t17-/m0/s1. The molecule has 0 aliphatic heterocycles. The Hall–Kier alpha value is -5.04. The molecule has 0 spiro atoms. The molecule has 2 aromatic heterocycles. The predicted octanol–water partition coefficient (Wildman–Crippen LogP) is 6.09. The Labute approximate surface area is 252 Å². The Kier molecular flexibility index (Phi) is 8.53. The lowest BCUT2D eigenvalue weighted by Crippen LogP contribution is -2.26. The van der Waals surface area contributed by atoms with Gasteiger partial charge in [-0.2, -0.15) is 9.78 Å². The number of aromatic nitrogens is 2. The van der Waals surface area contributed by atoms with E-state index in [4.69, 9.17) is 18.6 Å². The zero-order chi connectivity index (χ0) is 30.7. The lowest BCUT2D eigenvalue weighted by Gasteiger charge is -2.17. The van der Waals surface area contributed by atoms with Gasteiger partial charge in [0.1, 0.15) is 5.58 Å². The number of esters is 1. The van der Waals surface area contributed by atoms with Crippen molar-refractivity contribution in [2.24, 2.45) is 5.10 Å². The van der Waals surface area contributed by atoms with Crippen molar-refractivity contribution < 1.29 is 28.3 Å². The van der Waals surface area contributed by atoms with Gasteiger partial charge in [-0.15, -0.1) is 0 Å². The number of nitro benzene ring substituents is 1. The van der Waals surface area contributed by atoms with E-state index < -0.39 is 28.2 Å². The number of fused-ring (bicyclic) bond motifs is 2. The summed E-state index contributed by atoms with van der Waals surface area (Å²) >= 11 is 3.45. The van der Waals surface area contributed by atoms with Gasteiger partial charge < -0.3 is 18.6 Å². The van der Waals surface area contributed by atoms with E-state index in [9.17, 15) is 19.7 Å². The quantitative estimate of drug-likeness (QED) is 0.0758. The molecule has 5 rings (SSSR count). The number of furan rings is 1. The minimum atomic E-state index is -1.13. The third kappa shape index (κ3) is 6.11. The van der Waals surface area contributed by atoms with Crippen LogP contribution in [0, 0.1) is 10.1 Å². The summed E-state index contributed by atoms with van der Waals surface area (Å²) in [5.74, 6) is -0.469. The fraction of sp³-hybridized carbons (Fsp3) is 0.200. The minimum absolute atomic E-state index is 0.0152. The first-order valence-electron chi connectivity index (χ1n) is 13.2. The van der Waals surface area contributed by atoms with Gasteiger partial charge in [0.05, 0.1) is 35.3 Å². The van der Waals surface area contributed by atoms with Crippen molar-refractivity contribution in [3.8, 4) is 23.1 Å². The van der Waals surface area contributed by atoms with Crippen molar-refractivity contribution in [2.45, 2.75) is 26.9 Å². The Morgan fingerprint density at radius 3 is 2.70 bits per heavy atom. The van der Waals surface area contributed by atoms with E-state index in [0.717, 1.165) is 14.5 Å². The van der Waals surface area contributed by atoms with Crippen LogP contribution in [0.4, 0.5) is 5.69 Å². The number of para-hydroxylation sites is 1. The Morgan fingerprint density at radius 2 is 1.95 bits per heavy atom. The topological polar surface area (TPSA) is 148 Å². The number of hydrogen-bond donors (Lipinski definition) is 0. The molecule has 5 aromatic rings. The van der Waals surface area contributed by atoms with E-state index in [1.807, 2.05) is 12.1 Å². The number of hydrogen-bond acceptors (Lipinski definition) is 10. The van der Waals surface area contributed by atoms with Crippen molar-refractivity contribution in [1.82, 2.24) is 9.66 Å². The van der Waals surface area contributed by atoms with Crippen LogP contribution in [0.15, 0.2) is 79.4 Å². The Balaban J connectivity index is 1.64. The van der Waals surface area contributed by atoms with Gasteiger partial charge >= 0.3 is 11.7 Å². The second-order valence-corrected chi connectivity index (χ2v) is 10.1. The van der Waals surface area contributed by atoms with Crippen LogP contribution in [0.1, 0.15) is 26.3 Å². The normalized spacial score (nSPS) is 12.1. The summed E-state index contributed by atoms with van der Waals surface area (Å²) in [6.07, 6.45) is 0.140. The highest BCUT2D eigenvalue weighted by atomic mass is 79.9. The molecule has 0 saturated heterocycles. The smallest absolute Gasteiger partial charge is 0.347 e. The number of benzene rings is 3. The second-order valence-electron chi connectivity index (χ2n) is 9.18. The summed E-state index contributed by atoms with van der Waals surface area (Å²) in [6, 6.07) is 16.7. The molecule has 2 heterocycles. The molecule has 13 heteroatoms. The lowest BCUT2D eigenvalue weighted by molar-refractivity contribution is -0.386. The van der Waals surface area contributed by atoms with Crippen LogP contribution < -0.4 is 15.0 Å². The molecule has 0 aliphatic rings. The van der Waals surface area contributed by atoms with Gasteiger partial charge in [-0.25, -0.2) is 9.78 Å². The molecule has 12 nitrogen and oxygen atoms in total. The van der Waals surface area contributed by atoms with Crippen molar-refractivity contribution in [2.75, 3.05) is 13.2 Å². The minimum Gasteiger partial charge on any atom is -0.490 e. The average Bonchev–Trinajstić information content (AvgIpc) is 3.40. The fourth-order valence-electron chi connectivity index (χ4n) is 4.32. The van der Waals surface area contributed by atoms with Gasteiger partial charge in [0.2, 0.25) is 11.6 Å². The number of rotatable bonds is 10.